The molecule has 0 spiro atoms. The standard InChI is InChI=1S/C26H28N4O5/c1-4-30(13-16(2)25(32)33)24(31)21-14-29(3)28-23(21)27-26(34)35-15-22-19-11-7-5-9-17(19)18-10-6-8-12-20(18)22/h5-12,14,16,22H,4,13,15H2,1-3H3,(H,32,33)(H,27,28,34). The highest BCUT2D eigenvalue weighted by atomic mass is 16.5. The van der Waals surface area contributed by atoms with E-state index in [0.717, 1.165) is 22.3 Å². The molecule has 9 heteroatoms. The molecule has 0 saturated carbocycles. The molecule has 1 atom stereocenters. The molecule has 2 aromatic carbocycles. The van der Waals surface area contributed by atoms with Crippen LogP contribution in [0.4, 0.5) is 10.6 Å². The van der Waals surface area contributed by atoms with E-state index in [1.165, 1.54) is 22.7 Å². The number of carboxylic acids is 1. The first-order valence-electron chi connectivity index (χ1n) is 11.5. The lowest BCUT2D eigenvalue weighted by Crippen LogP contribution is -2.37. The quantitative estimate of drug-likeness (QED) is 0.509. The van der Waals surface area contributed by atoms with Gasteiger partial charge < -0.3 is 14.7 Å². The van der Waals surface area contributed by atoms with E-state index in [2.05, 4.69) is 22.5 Å². The first kappa shape index (κ1) is 24.0. The van der Waals surface area contributed by atoms with Crippen molar-refractivity contribution in [1.82, 2.24) is 14.7 Å². The van der Waals surface area contributed by atoms with Crippen molar-refractivity contribution in [1.29, 1.82) is 0 Å². The van der Waals surface area contributed by atoms with E-state index < -0.39 is 23.9 Å². The van der Waals surface area contributed by atoms with Crippen molar-refractivity contribution in [3.8, 4) is 11.1 Å². The second-order valence-corrected chi connectivity index (χ2v) is 8.60. The lowest BCUT2D eigenvalue weighted by Gasteiger charge is -2.22. The van der Waals surface area contributed by atoms with Crippen LogP contribution in [0, 0.1) is 5.92 Å². The van der Waals surface area contributed by atoms with Crippen LogP contribution in [-0.4, -0.2) is 57.5 Å². The van der Waals surface area contributed by atoms with Crippen LogP contribution in [0.2, 0.25) is 0 Å². The Hall–Kier alpha value is -4.14. The van der Waals surface area contributed by atoms with E-state index in [0.29, 0.717) is 6.54 Å². The van der Waals surface area contributed by atoms with Crippen molar-refractivity contribution in [3.63, 3.8) is 0 Å². The predicted molar refractivity (Wildman–Crippen MR) is 130 cm³/mol. The van der Waals surface area contributed by atoms with E-state index in [-0.39, 0.29) is 30.5 Å². The zero-order valence-corrected chi connectivity index (χ0v) is 19.9. The minimum absolute atomic E-state index is 0.0456. The van der Waals surface area contributed by atoms with Gasteiger partial charge in [0.2, 0.25) is 0 Å². The van der Waals surface area contributed by atoms with E-state index in [4.69, 9.17) is 4.74 Å². The number of hydrogen-bond donors (Lipinski definition) is 2. The van der Waals surface area contributed by atoms with Gasteiger partial charge >= 0.3 is 12.1 Å². The highest BCUT2D eigenvalue weighted by Gasteiger charge is 2.30. The monoisotopic (exact) mass is 476 g/mol. The molecule has 182 valence electrons. The van der Waals surface area contributed by atoms with E-state index in [1.807, 2.05) is 36.4 Å². The highest BCUT2D eigenvalue weighted by Crippen LogP contribution is 2.44. The van der Waals surface area contributed by atoms with Crippen molar-refractivity contribution in [2.75, 3.05) is 25.0 Å². The Morgan fingerprint density at radius 1 is 1.11 bits per heavy atom. The molecule has 2 N–H and O–H groups in total. The van der Waals surface area contributed by atoms with Gasteiger partial charge in [-0.1, -0.05) is 55.5 Å². The maximum atomic E-state index is 13.1. The third kappa shape index (κ3) is 4.89. The maximum Gasteiger partial charge on any atom is 0.412 e. The lowest BCUT2D eigenvalue weighted by atomic mass is 9.98. The smallest absolute Gasteiger partial charge is 0.412 e. The van der Waals surface area contributed by atoms with Crippen molar-refractivity contribution in [3.05, 3.63) is 71.4 Å². The lowest BCUT2D eigenvalue weighted by molar-refractivity contribution is -0.141. The van der Waals surface area contributed by atoms with E-state index in [1.54, 1.807) is 14.0 Å². The highest BCUT2D eigenvalue weighted by molar-refractivity contribution is 6.01. The molecule has 0 bridgehead atoms. The number of anilines is 1. The molecule has 9 nitrogen and oxygen atoms in total. The number of amides is 2. The summed E-state index contributed by atoms with van der Waals surface area (Å²) in [6.07, 6.45) is 0.775. The Labute approximate surface area is 203 Å². The van der Waals surface area contributed by atoms with Gasteiger partial charge in [0.25, 0.3) is 5.91 Å². The summed E-state index contributed by atoms with van der Waals surface area (Å²) in [7, 11) is 1.63. The largest absolute Gasteiger partial charge is 0.481 e. The van der Waals surface area contributed by atoms with Gasteiger partial charge in [-0.25, -0.2) is 4.79 Å². The van der Waals surface area contributed by atoms with Crippen molar-refractivity contribution >= 4 is 23.8 Å². The molecule has 0 aliphatic heterocycles. The van der Waals surface area contributed by atoms with Crippen LogP contribution in [-0.2, 0) is 16.6 Å². The molecule has 3 aromatic rings. The Morgan fingerprint density at radius 2 is 1.71 bits per heavy atom. The molecule has 1 aliphatic rings. The van der Waals surface area contributed by atoms with Gasteiger partial charge in [0.05, 0.1) is 5.92 Å². The van der Waals surface area contributed by atoms with Crippen LogP contribution in [0.5, 0.6) is 0 Å². The summed E-state index contributed by atoms with van der Waals surface area (Å²) in [6.45, 7) is 3.80. The summed E-state index contributed by atoms with van der Waals surface area (Å²) in [6, 6.07) is 16.1. The van der Waals surface area contributed by atoms with E-state index in [9.17, 15) is 19.5 Å². The number of fused-ring (bicyclic) bond motifs is 3. The number of aryl methyl sites for hydroxylation is 1. The molecule has 0 radical (unpaired) electrons. The number of rotatable bonds is 8. The zero-order chi connectivity index (χ0) is 25.1. The fourth-order valence-electron chi connectivity index (χ4n) is 4.40. The molecule has 1 aromatic heterocycles. The second kappa shape index (κ2) is 10.0. The summed E-state index contributed by atoms with van der Waals surface area (Å²) in [5.41, 5.74) is 4.62. The van der Waals surface area contributed by atoms with Crippen molar-refractivity contribution in [2.45, 2.75) is 19.8 Å². The minimum atomic E-state index is -0.987. The average Bonchev–Trinajstić information content (AvgIpc) is 3.37. The summed E-state index contributed by atoms with van der Waals surface area (Å²) in [5, 5.41) is 16.0. The Balaban J connectivity index is 1.46. The summed E-state index contributed by atoms with van der Waals surface area (Å²) in [4.78, 5) is 38.4. The summed E-state index contributed by atoms with van der Waals surface area (Å²) in [5.74, 6) is -2.15. The Morgan fingerprint density at radius 3 is 2.29 bits per heavy atom. The first-order valence-corrected chi connectivity index (χ1v) is 11.5. The fourth-order valence-corrected chi connectivity index (χ4v) is 4.40. The number of carbonyl (C=O) groups is 3. The number of benzene rings is 2. The molecule has 4 rings (SSSR count). The molecule has 35 heavy (non-hydrogen) atoms. The SMILES string of the molecule is CCN(CC(C)C(=O)O)C(=O)c1cn(C)nc1NC(=O)OCC1c2ccccc2-c2ccccc21. The van der Waals surface area contributed by atoms with Crippen LogP contribution >= 0.6 is 0 Å². The van der Waals surface area contributed by atoms with Gasteiger partial charge in [0, 0.05) is 32.3 Å². The Bertz CT molecular complexity index is 1220. The number of ether oxygens (including phenoxy) is 1. The first-order chi connectivity index (χ1) is 16.8. The van der Waals surface area contributed by atoms with Crippen molar-refractivity contribution in [2.24, 2.45) is 13.0 Å². The molecular weight excluding hydrogens is 448 g/mol. The number of aromatic nitrogens is 2. The van der Waals surface area contributed by atoms with Crippen LogP contribution in [0.25, 0.3) is 11.1 Å². The molecule has 1 heterocycles. The summed E-state index contributed by atoms with van der Waals surface area (Å²) >= 11 is 0. The molecule has 1 aliphatic carbocycles. The molecular formula is C26H28N4O5. The molecule has 1 unspecified atom stereocenters. The van der Waals surface area contributed by atoms with Crippen molar-refractivity contribution < 1.29 is 24.2 Å². The van der Waals surface area contributed by atoms with Crippen LogP contribution in [0.1, 0.15) is 41.3 Å². The molecule has 0 saturated heterocycles. The third-order valence-electron chi connectivity index (χ3n) is 6.21. The third-order valence-corrected chi connectivity index (χ3v) is 6.21. The van der Waals surface area contributed by atoms with Crippen LogP contribution in [0.15, 0.2) is 54.7 Å². The van der Waals surface area contributed by atoms with Gasteiger partial charge in [-0.15, -0.1) is 0 Å². The number of nitrogens with zero attached hydrogens (tertiary/aromatic N) is 3. The summed E-state index contributed by atoms with van der Waals surface area (Å²) < 4.78 is 6.99. The predicted octanol–water partition coefficient (Wildman–Crippen LogP) is 3.96. The zero-order valence-electron chi connectivity index (χ0n) is 19.9. The van der Waals surface area contributed by atoms with Gasteiger partial charge in [0.15, 0.2) is 5.82 Å². The number of carboxylic acid groups (broad SMARTS) is 1. The second-order valence-electron chi connectivity index (χ2n) is 8.60. The molecule has 0 fully saturated rings. The van der Waals surface area contributed by atoms with Gasteiger partial charge in [-0.2, -0.15) is 5.10 Å². The Kier molecular flexibility index (Phi) is 6.86. The number of hydrogen-bond acceptors (Lipinski definition) is 5. The van der Waals surface area contributed by atoms with Crippen LogP contribution in [0.3, 0.4) is 0 Å². The topological polar surface area (TPSA) is 114 Å². The minimum Gasteiger partial charge on any atom is -0.481 e. The normalized spacial score (nSPS) is 13.0. The van der Waals surface area contributed by atoms with Gasteiger partial charge in [-0.3, -0.25) is 19.6 Å². The van der Waals surface area contributed by atoms with Gasteiger partial charge in [0.1, 0.15) is 12.2 Å². The average molecular weight is 477 g/mol. The van der Waals surface area contributed by atoms with Gasteiger partial charge in [-0.05, 0) is 29.2 Å². The number of aliphatic carboxylic acids is 1. The number of nitrogens with one attached hydrogen (secondary N) is 1. The van der Waals surface area contributed by atoms with E-state index >= 15 is 0 Å². The fraction of sp³-hybridized carbons (Fsp3) is 0.308. The van der Waals surface area contributed by atoms with Crippen LogP contribution < -0.4 is 5.32 Å². The maximum absolute atomic E-state index is 13.1. The number of carbonyl (C=O) groups excluding carboxylic acids is 2. The molecule has 2 amide bonds.